The van der Waals surface area contributed by atoms with E-state index >= 15 is 0 Å². The van der Waals surface area contributed by atoms with E-state index in [9.17, 15) is 14.4 Å². The molecule has 0 saturated carbocycles. The standard InChI is InChI=1S/C26H22N2O4/c1-5-11-27-19-10-8-7-9-18(19)26(25(27)31)21-22(29)17-13-15(3)16(4)14-20(17)32-23(21)24(30)28(26)12-6-2/h5-10,13-14H,1-2,11-12H2,3-4H3. The molecule has 5 rings (SSSR count). The monoisotopic (exact) mass is 426 g/mol. The number of benzene rings is 2. The molecule has 2 amide bonds. The van der Waals surface area contributed by atoms with Crippen LogP contribution >= 0.6 is 0 Å². The number of aryl methyl sites for hydroxylation is 2. The molecular weight excluding hydrogens is 404 g/mol. The summed E-state index contributed by atoms with van der Waals surface area (Å²) in [5.41, 5.74) is 1.54. The predicted octanol–water partition coefficient (Wildman–Crippen LogP) is 3.83. The number of rotatable bonds is 4. The molecule has 0 aliphatic carbocycles. The van der Waals surface area contributed by atoms with Gasteiger partial charge in [-0.05, 0) is 43.2 Å². The molecule has 1 unspecified atom stereocenters. The Hall–Kier alpha value is -3.93. The summed E-state index contributed by atoms with van der Waals surface area (Å²) in [5.74, 6) is -0.958. The zero-order valence-electron chi connectivity index (χ0n) is 18.0. The highest BCUT2D eigenvalue weighted by Crippen LogP contribution is 2.52. The molecule has 0 bridgehead atoms. The van der Waals surface area contributed by atoms with E-state index in [4.69, 9.17) is 4.42 Å². The number of carbonyl (C=O) groups is 2. The van der Waals surface area contributed by atoms with Gasteiger partial charge in [-0.1, -0.05) is 30.4 Å². The number of hydrogen-bond acceptors (Lipinski definition) is 4. The molecule has 3 heterocycles. The van der Waals surface area contributed by atoms with Crippen LogP contribution in [0, 0.1) is 13.8 Å². The molecule has 2 aliphatic rings. The van der Waals surface area contributed by atoms with Gasteiger partial charge >= 0.3 is 0 Å². The summed E-state index contributed by atoms with van der Waals surface area (Å²) < 4.78 is 6.04. The van der Waals surface area contributed by atoms with Crippen molar-refractivity contribution >= 4 is 28.5 Å². The summed E-state index contributed by atoms with van der Waals surface area (Å²) >= 11 is 0. The molecule has 0 saturated heterocycles. The van der Waals surface area contributed by atoms with Gasteiger partial charge in [-0.3, -0.25) is 14.4 Å². The minimum atomic E-state index is -1.60. The van der Waals surface area contributed by atoms with Gasteiger partial charge in [0.1, 0.15) is 5.58 Å². The van der Waals surface area contributed by atoms with Crippen LogP contribution in [-0.4, -0.2) is 29.8 Å². The Labute approximate surface area is 185 Å². The molecule has 6 heteroatoms. The van der Waals surface area contributed by atoms with Gasteiger partial charge < -0.3 is 14.2 Å². The van der Waals surface area contributed by atoms with Crippen LogP contribution in [0.3, 0.4) is 0 Å². The first-order valence-corrected chi connectivity index (χ1v) is 10.4. The maximum absolute atomic E-state index is 14.0. The fourth-order valence-electron chi connectivity index (χ4n) is 4.94. The van der Waals surface area contributed by atoms with Crippen LogP contribution in [0.4, 0.5) is 5.69 Å². The number of amides is 2. The fourth-order valence-corrected chi connectivity index (χ4v) is 4.94. The van der Waals surface area contributed by atoms with Crippen LogP contribution in [0.25, 0.3) is 11.0 Å². The van der Waals surface area contributed by atoms with Gasteiger partial charge in [-0.15, -0.1) is 13.2 Å². The number of carbonyl (C=O) groups excluding carboxylic acids is 2. The lowest BCUT2D eigenvalue weighted by Crippen LogP contribution is -2.53. The van der Waals surface area contributed by atoms with E-state index in [2.05, 4.69) is 13.2 Å². The summed E-state index contributed by atoms with van der Waals surface area (Å²) in [6, 6.07) is 10.8. The van der Waals surface area contributed by atoms with Crippen molar-refractivity contribution in [3.8, 4) is 0 Å². The smallest absolute Gasteiger partial charge is 0.291 e. The van der Waals surface area contributed by atoms with Crippen molar-refractivity contribution < 1.29 is 14.0 Å². The number of anilines is 1. The second kappa shape index (κ2) is 6.79. The van der Waals surface area contributed by atoms with Gasteiger partial charge in [0.25, 0.3) is 11.8 Å². The Kier molecular flexibility index (Phi) is 4.24. The molecular formula is C26H22N2O4. The average molecular weight is 426 g/mol. The zero-order valence-corrected chi connectivity index (χ0v) is 18.0. The molecule has 1 aromatic heterocycles. The number of fused-ring (bicyclic) bond motifs is 5. The van der Waals surface area contributed by atoms with Crippen molar-refractivity contribution in [3.05, 3.63) is 99.9 Å². The molecule has 0 radical (unpaired) electrons. The van der Waals surface area contributed by atoms with E-state index in [1.807, 2.05) is 26.0 Å². The zero-order chi connectivity index (χ0) is 22.8. The third kappa shape index (κ3) is 2.26. The van der Waals surface area contributed by atoms with Crippen molar-refractivity contribution in [2.24, 2.45) is 0 Å². The Morgan fingerprint density at radius 2 is 1.69 bits per heavy atom. The van der Waals surface area contributed by atoms with Crippen LogP contribution in [0.5, 0.6) is 0 Å². The SMILES string of the molecule is C=CCN1C(=O)C2(c3ccccc31)c1c(oc3cc(C)c(C)cc3c1=O)C(=O)N2CC=C. The van der Waals surface area contributed by atoms with Crippen LogP contribution in [-0.2, 0) is 10.3 Å². The normalized spacial score (nSPS) is 19.1. The second-order valence-electron chi connectivity index (χ2n) is 8.20. The lowest BCUT2D eigenvalue weighted by molar-refractivity contribution is -0.125. The summed E-state index contributed by atoms with van der Waals surface area (Å²) in [6.07, 6.45) is 3.17. The fraction of sp³-hybridized carbons (Fsp3) is 0.192. The molecule has 0 fully saturated rings. The molecule has 6 nitrogen and oxygen atoms in total. The molecule has 2 aromatic carbocycles. The number of nitrogens with zero attached hydrogens (tertiary/aromatic N) is 2. The van der Waals surface area contributed by atoms with Crippen LogP contribution in [0.2, 0.25) is 0 Å². The molecule has 0 N–H and O–H groups in total. The molecule has 32 heavy (non-hydrogen) atoms. The topological polar surface area (TPSA) is 70.8 Å². The van der Waals surface area contributed by atoms with E-state index in [0.717, 1.165) is 11.1 Å². The highest BCUT2D eigenvalue weighted by atomic mass is 16.3. The molecule has 160 valence electrons. The van der Waals surface area contributed by atoms with Crippen molar-refractivity contribution in [2.75, 3.05) is 18.0 Å². The Morgan fingerprint density at radius 3 is 2.41 bits per heavy atom. The first kappa shape index (κ1) is 20.0. The van der Waals surface area contributed by atoms with Crippen molar-refractivity contribution in [1.82, 2.24) is 4.90 Å². The third-order valence-electron chi connectivity index (χ3n) is 6.48. The van der Waals surface area contributed by atoms with Gasteiger partial charge in [0.2, 0.25) is 5.76 Å². The Balaban J connectivity index is 1.95. The van der Waals surface area contributed by atoms with Crippen molar-refractivity contribution in [1.29, 1.82) is 0 Å². The van der Waals surface area contributed by atoms with E-state index in [1.54, 1.807) is 41.3 Å². The Morgan fingerprint density at radius 1 is 1.00 bits per heavy atom. The highest BCUT2D eigenvalue weighted by Gasteiger charge is 2.64. The van der Waals surface area contributed by atoms with Crippen LogP contribution in [0.1, 0.15) is 32.8 Å². The third-order valence-corrected chi connectivity index (χ3v) is 6.48. The molecule has 3 aromatic rings. The highest BCUT2D eigenvalue weighted by molar-refractivity contribution is 6.17. The summed E-state index contributed by atoms with van der Waals surface area (Å²) in [5, 5.41) is 0.354. The lowest BCUT2D eigenvalue weighted by Gasteiger charge is -2.33. The molecule has 1 atom stereocenters. The van der Waals surface area contributed by atoms with Gasteiger partial charge in [0.15, 0.2) is 11.0 Å². The van der Waals surface area contributed by atoms with Crippen LogP contribution in [0.15, 0.2) is 70.9 Å². The number of para-hydroxylation sites is 1. The quantitative estimate of drug-likeness (QED) is 0.595. The van der Waals surface area contributed by atoms with Gasteiger partial charge in [0.05, 0.1) is 16.6 Å². The van der Waals surface area contributed by atoms with Crippen LogP contribution < -0.4 is 10.3 Å². The van der Waals surface area contributed by atoms with E-state index < -0.39 is 11.4 Å². The summed E-state index contributed by atoms with van der Waals surface area (Å²) in [4.78, 5) is 44.5. The minimum Gasteiger partial charge on any atom is -0.450 e. The largest absolute Gasteiger partial charge is 0.450 e. The summed E-state index contributed by atoms with van der Waals surface area (Å²) in [7, 11) is 0. The lowest BCUT2D eigenvalue weighted by atomic mass is 9.84. The average Bonchev–Trinajstić information content (AvgIpc) is 3.16. The number of hydrogen-bond donors (Lipinski definition) is 0. The van der Waals surface area contributed by atoms with Crippen molar-refractivity contribution in [3.63, 3.8) is 0 Å². The van der Waals surface area contributed by atoms with Crippen molar-refractivity contribution in [2.45, 2.75) is 19.4 Å². The van der Waals surface area contributed by atoms with Gasteiger partial charge in [-0.2, -0.15) is 0 Å². The van der Waals surface area contributed by atoms with E-state index in [0.29, 0.717) is 22.2 Å². The van der Waals surface area contributed by atoms with Gasteiger partial charge in [0, 0.05) is 18.7 Å². The minimum absolute atomic E-state index is 0.0733. The first-order chi connectivity index (χ1) is 15.4. The second-order valence-corrected chi connectivity index (χ2v) is 8.20. The summed E-state index contributed by atoms with van der Waals surface area (Å²) in [6.45, 7) is 11.7. The predicted molar refractivity (Wildman–Crippen MR) is 123 cm³/mol. The van der Waals surface area contributed by atoms with Gasteiger partial charge in [-0.25, -0.2) is 0 Å². The van der Waals surface area contributed by atoms with E-state index in [-0.39, 0.29) is 35.7 Å². The maximum Gasteiger partial charge on any atom is 0.291 e. The first-order valence-electron chi connectivity index (χ1n) is 10.4. The maximum atomic E-state index is 14.0. The van der Waals surface area contributed by atoms with E-state index in [1.165, 1.54) is 4.90 Å². The Bertz CT molecular complexity index is 1420. The molecule has 1 spiro atoms. The molecule has 2 aliphatic heterocycles.